The zero-order valence-electron chi connectivity index (χ0n) is 18.5. The van der Waals surface area contributed by atoms with Crippen molar-refractivity contribution >= 4 is 22.6 Å². The van der Waals surface area contributed by atoms with E-state index in [4.69, 9.17) is 0 Å². The minimum atomic E-state index is -0.00222. The van der Waals surface area contributed by atoms with E-state index in [1.165, 1.54) is 0 Å². The summed E-state index contributed by atoms with van der Waals surface area (Å²) in [5.41, 5.74) is 3.72. The summed E-state index contributed by atoms with van der Waals surface area (Å²) in [6, 6.07) is 13.9. The first kappa shape index (κ1) is 21.7. The summed E-state index contributed by atoms with van der Waals surface area (Å²) in [7, 11) is 3.75. The standard InChI is InChI=1S/C24H31N5O/c1-6-29(28(4)5)24(30)19-9-7-18(8-10-19)20-11-12-22-21(15-20)23(27-16-26-22)25-14-13-17(2)3/h7-12,15-17H,6,13-14H2,1-5H3,(H,25,26,27). The lowest BCUT2D eigenvalue weighted by Crippen LogP contribution is -2.41. The van der Waals surface area contributed by atoms with Gasteiger partial charge in [0, 0.05) is 38.1 Å². The lowest BCUT2D eigenvalue weighted by Gasteiger charge is -2.27. The van der Waals surface area contributed by atoms with Crippen LogP contribution in [-0.2, 0) is 0 Å². The molecule has 0 bridgehead atoms. The van der Waals surface area contributed by atoms with Gasteiger partial charge in [-0.3, -0.25) is 9.80 Å². The average Bonchev–Trinajstić information content (AvgIpc) is 2.73. The quantitative estimate of drug-likeness (QED) is 0.551. The Morgan fingerprint density at radius 1 is 1.03 bits per heavy atom. The van der Waals surface area contributed by atoms with Gasteiger partial charge >= 0.3 is 0 Å². The van der Waals surface area contributed by atoms with Crippen molar-refractivity contribution in [2.24, 2.45) is 5.92 Å². The van der Waals surface area contributed by atoms with Gasteiger partial charge in [0.05, 0.1) is 5.52 Å². The summed E-state index contributed by atoms with van der Waals surface area (Å²) in [4.78, 5) is 21.5. The number of carbonyl (C=O) groups excluding carboxylic acids is 1. The molecule has 158 valence electrons. The molecular weight excluding hydrogens is 374 g/mol. The van der Waals surface area contributed by atoms with E-state index in [-0.39, 0.29) is 5.91 Å². The van der Waals surface area contributed by atoms with Gasteiger partial charge in [0.25, 0.3) is 5.91 Å². The number of benzene rings is 2. The Morgan fingerprint density at radius 2 is 1.73 bits per heavy atom. The minimum Gasteiger partial charge on any atom is -0.369 e. The Kier molecular flexibility index (Phi) is 7.00. The molecule has 0 fully saturated rings. The van der Waals surface area contributed by atoms with Crippen molar-refractivity contribution in [3.8, 4) is 11.1 Å². The molecule has 0 unspecified atom stereocenters. The smallest absolute Gasteiger partial charge is 0.268 e. The van der Waals surface area contributed by atoms with E-state index in [1.807, 2.05) is 56.4 Å². The topological polar surface area (TPSA) is 61.4 Å². The average molecular weight is 406 g/mol. The second kappa shape index (κ2) is 9.67. The summed E-state index contributed by atoms with van der Waals surface area (Å²) in [5.74, 6) is 1.50. The van der Waals surface area contributed by atoms with Crippen LogP contribution >= 0.6 is 0 Å². The Bertz CT molecular complexity index is 998. The molecule has 30 heavy (non-hydrogen) atoms. The molecule has 0 aliphatic carbocycles. The molecule has 0 saturated heterocycles. The van der Waals surface area contributed by atoms with Gasteiger partial charge < -0.3 is 5.32 Å². The molecule has 0 atom stereocenters. The largest absolute Gasteiger partial charge is 0.369 e. The molecule has 0 radical (unpaired) electrons. The van der Waals surface area contributed by atoms with Crippen molar-refractivity contribution in [1.29, 1.82) is 0 Å². The van der Waals surface area contributed by atoms with E-state index in [1.54, 1.807) is 11.3 Å². The van der Waals surface area contributed by atoms with Gasteiger partial charge in [0.15, 0.2) is 0 Å². The minimum absolute atomic E-state index is 0.00222. The molecule has 6 nitrogen and oxygen atoms in total. The van der Waals surface area contributed by atoms with Crippen LogP contribution < -0.4 is 5.32 Å². The molecule has 0 saturated carbocycles. The van der Waals surface area contributed by atoms with Gasteiger partial charge in [-0.15, -0.1) is 0 Å². The number of nitrogens with one attached hydrogen (secondary N) is 1. The second-order valence-electron chi connectivity index (χ2n) is 8.01. The number of hydrogen-bond acceptors (Lipinski definition) is 5. The molecule has 2 aromatic carbocycles. The molecule has 0 aliphatic rings. The van der Waals surface area contributed by atoms with Crippen LogP contribution in [0.2, 0.25) is 0 Å². The number of rotatable bonds is 8. The van der Waals surface area contributed by atoms with Crippen LogP contribution in [0.25, 0.3) is 22.0 Å². The summed E-state index contributed by atoms with van der Waals surface area (Å²) in [6.07, 6.45) is 2.69. The molecule has 6 heteroatoms. The lowest BCUT2D eigenvalue weighted by atomic mass is 10.0. The lowest BCUT2D eigenvalue weighted by molar-refractivity contribution is 0.0230. The number of carbonyl (C=O) groups is 1. The van der Waals surface area contributed by atoms with Crippen molar-refractivity contribution in [3.05, 3.63) is 54.4 Å². The van der Waals surface area contributed by atoms with Crippen molar-refractivity contribution in [2.45, 2.75) is 27.2 Å². The zero-order chi connectivity index (χ0) is 21.7. The Labute approximate surface area is 178 Å². The van der Waals surface area contributed by atoms with Crippen molar-refractivity contribution in [1.82, 2.24) is 20.0 Å². The molecule has 1 aromatic heterocycles. The van der Waals surface area contributed by atoms with Crippen LogP contribution in [-0.4, -0.2) is 53.1 Å². The zero-order valence-corrected chi connectivity index (χ0v) is 18.5. The summed E-state index contributed by atoms with van der Waals surface area (Å²) in [5, 5.41) is 7.97. The predicted octanol–water partition coefficient (Wildman–Crippen LogP) is 4.69. The third kappa shape index (κ3) is 4.94. The number of aromatic nitrogens is 2. The van der Waals surface area contributed by atoms with Gasteiger partial charge in [-0.05, 0) is 54.7 Å². The van der Waals surface area contributed by atoms with E-state index in [0.29, 0.717) is 18.0 Å². The maximum Gasteiger partial charge on any atom is 0.268 e. The first-order chi connectivity index (χ1) is 14.4. The van der Waals surface area contributed by atoms with Crippen LogP contribution in [0, 0.1) is 5.92 Å². The summed E-state index contributed by atoms with van der Waals surface area (Å²) in [6.45, 7) is 7.90. The fourth-order valence-electron chi connectivity index (χ4n) is 3.42. The van der Waals surface area contributed by atoms with E-state index in [0.717, 1.165) is 40.8 Å². The number of amides is 1. The molecule has 3 rings (SSSR count). The molecule has 1 N–H and O–H groups in total. The van der Waals surface area contributed by atoms with Gasteiger partial charge in [0.1, 0.15) is 12.1 Å². The van der Waals surface area contributed by atoms with Crippen LogP contribution in [0.1, 0.15) is 37.6 Å². The number of hydrogen-bond donors (Lipinski definition) is 1. The van der Waals surface area contributed by atoms with Gasteiger partial charge in [0.2, 0.25) is 0 Å². The number of fused-ring (bicyclic) bond motifs is 1. The van der Waals surface area contributed by atoms with Crippen LogP contribution in [0.4, 0.5) is 5.82 Å². The van der Waals surface area contributed by atoms with Crippen LogP contribution in [0.3, 0.4) is 0 Å². The molecular formula is C24H31N5O. The Morgan fingerprint density at radius 3 is 2.37 bits per heavy atom. The number of hydrazine groups is 1. The van der Waals surface area contributed by atoms with Crippen LogP contribution in [0.5, 0.6) is 0 Å². The molecule has 0 spiro atoms. The highest BCUT2D eigenvalue weighted by Crippen LogP contribution is 2.27. The predicted molar refractivity (Wildman–Crippen MR) is 123 cm³/mol. The van der Waals surface area contributed by atoms with Gasteiger partial charge in [-0.2, -0.15) is 0 Å². The molecule has 3 aromatic rings. The summed E-state index contributed by atoms with van der Waals surface area (Å²) >= 11 is 0. The van der Waals surface area contributed by atoms with Crippen molar-refractivity contribution in [3.63, 3.8) is 0 Å². The maximum atomic E-state index is 12.7. The highest BCUT2D eigenvalue weighted by molar-refractivity contribution is 5.95. The third-order valence-corrected chi connectivity index (χ3v) is 5.13. The van der Waals surface area contributed by atoms with E-state index in [2.05, 4.69) is 41.3 Å². The maximum absolute atomic E-state index is 12.7. The van der Waals surface area contributed by atoms with Crippen LogP contribution in [0.15, 0.2) is 48.8 Å². The first-order valence-corrected chi connectivity index (χ1v) is 10.5. The highest BCUT2D eigenvalue weighted by Gasteiger charge is 2.16. The second-order valence-corrected chi connectivity index (χ2v) is 8.01. The fraction of sp³-hybridized carbons (Fsp3) is 0.375. The van der Waals surface area contributed by atoms with Gasteiger partial charge in [-0.1, -0.05) is 32.0 Å². The monoisotopic (exact) mass is 405 g/mol. The highest BCUT2D eigenvalue weighted by atomic mass is 16.2. The Hall–Kier alpha value is -2.99. The van der Waals surface area contributed by atoms with E-state index in [9.17, 15) is 4.79 Å². The van der Waals surface area contributed by atoms with E-state index < -0.39 is 0 Å². The normalized spacial score (nSPS) is 11.3. The number of nitrogens with zero attached hydrogens (tertiary/aromatic N) is 4. The molecule has 1 heterocycles. The van der Waals surface area contributed by atoms with E-state index >= 15 is 0 Å². The SMILES string of the molecule is CCN(C(=O)c1ccc(-c2ccc3ncnc(NCCC(C)C)c3c2)cc1)N(C)C. The molecule has 1 amide bonds. The van der Waals surface area contributed by atoms with Crippen molar-refractivity contribution < 1.29 is 4.79 Å². The molecule has 0 aliphatic heterocycles. The fourth-order valence-corrected chi connectivity index (χ4v) is 3.42. The number of anilines is 1. The first-order valence-electron chi connectivity index (χ1n) is 10.5. The summed E-state index contributed by atoms with van der Waals surface area (Å²) < 4.78 is 0. The Balaban J connectivity index is 1.86. The van der Waals surface area contributed by atoms with Gasteiger partial charge in [-0.25, -0.2) is 15.0 Å². The van der Waals surface area contributed by atoms with Crippen molar-refractivity contribution in [2.75, 3.05) is 32.5 Å². The third-order valence-electron chi connectivity index (χ3n) is 5.13.